The molecule has 0 bridgehead atoms. The predicted molar refractivity (Wildman–Crippen MR) is 137 cm³/mol. The van der Waals surface area contributed by atoms with Crippen LogP contribution in [0.4, 0.5) is 0 Å². The van der Waals surface area contributed by atoms with Gasteiger partial charge in [-0.15, -0.1) is 0 Å². The molecule has 0 saturated carbocycles. The van der Waals surface area contributed by atoms with Crippen molar-refractivity contribution in [2.75, 3.05) is 0 Å². The average Bonchev–Trinajstić information content (AvgIpc) is 2.75. The maximum Gasteiger partial charge on any atom is 0.0540 e. The molecule has 0 amide bonds. The SMILES string of the molecule is CCCCCCCC/C=C\CCCCCCCCC(O)CCCCCCCCCC. The number of unbranched alkanes of at least 4 members (excludes halogenated alkanes) is 19. The highest BCUT2D eigenvalue weighted by molar-refractivity contribution is 4.81. The number of rotatable bonds is 25. The summed E-state index contributed by atoms with van der Waals surface area (Å²) in [5.74, 6) is 0. The van der Waals surface area contributed by atoms with Gasteiger partial charge in [0.05, 0.1) is 6.10 Å². The van der Waals surface area contributed by atoms with E-state index in [0.29, 0.717) is 0 Å². The van der Waals surface area contributed by atoms with Crippen LogP contribution < -0.4 is 0 Å². The molecule has 0 aromatic rings. The van der Waals surface area contributed by atoms with E-state index in [1.54, 1.807) is 0 Å². The van der Waals surface area contributed by atoms with Gasteiger partial charge in [-0.3, -0.25) is 0 Å². The molecule has 0 aliphatic carbocycles. The lowest BCUT2D eigenvalue weighted by molar-refractivity contribution is 0.147. The highest BCUT2D eigenvalue weighted by Crippen LogP contribution is 2.15. The molecule has 1 heteroatoms. The second-order valence-electron chi connectivity index (χ2n) is 9.64. The fraction of sp³-hybridized carbons (Fsp3) is 0.931. The molecular formula is C29H58O. The third-order valence-corrected chi connectivity index (χ3v) is 6.44. The summed E-state index contributed by atoms with van der Waals surface area (Å²) in [6.07, 6.45) is 36.6. The Balaban J connectivity index is 3.18. The molecule has 30 heavy (non-hydrogen) atoms. The number of aliphatic hydroxyl groups is 1. The molecule has 0 spiro atoms. The van der Waals surface area contributed by atoms with Crippen molar-refractivity contribution in [1.82, 2.24) is 0 Å². The third-order valence-electron chi connectivity index (χ3n) is 6.44. The molecule has 0 saturated heterocycles. The van der Waals surface area contributed by atoms with Crippen LogP contribution in [0.3, 0.4) is 0 Å². The van der Waals surface area contributed by atoms with Gasteiger partial charge in [0.15, 0.2) is 0 Å². The molecule has 0 radical (unpaired) electrons. The molecule has 1 nitrogen and oxygen atoms in total. The van der Waals surface area contributed by atoms with Crippen LogP contribution in [-0.2, 0) is 0 Å². The molecule has 0 fully saturated rings. The summed E-state index contributed by atoms with van der Waals surface area (Å²) in [7, 11) is 0. The summed E-state index contributed by atoms with van der Waals surface area (Å²) in [5.41, 5.74) is 0. The fourth-order valence-electron chi connectivity index (χ4n) is 4.29. The van der Waals surface area contributed by atoms with Crippen molar-refractivity contribution < 1.29 is 5.11 Å². The van der Waals surface area contributed by atoms with Crippen LogP contribution in [0.5, 0.6) is 0 Å². The summed E-state index contributed by atoms with van der Waals surface area (Å²) in [4.78, 5) is 0. The van der Waals surface area contributed by atoms with Crippen molar-refractivity contribution in [2.24, 2.45) is 0 Å². The number of aliphatic hydroxyl groups excluding tert-OH is 1. The quantitative estimate of drug-likeness (QED) is 0.114. The lowest BCUT2D eigenvalue weighted by atomic mass is 10.0. The van der Waals surface area contributed by atoms with Crippen LogP contribution in [0.2, 0.25) is 0 Å². The molecule has 0 aromatic heterocycles. The van der Waals surface area contributed by atoms with Crippen LogP contribution in [0, 0.1) is 0 Å². The highest BCUT2D eigenvalue weighted by Gasteiger charge is 2.03. The predicted octanol–water partition coefficient (Wildman–Crippen LogP) is 10.3. The van der Waals surface area contributed by atoms with Crippen LogP contribution in [0.15, 0.2) is 12.2 Å². The van der Waals surface area contributed by atoms with Gasteiger partial charge >= 0.3 is 0 Å². The molecule has 0 aliphatic heterocycles. The van der Waals surface area contributed by atoms with Crippen molar-refractivity contribution in [3.8, 4) is 0 Å². The van der Waals surface area contributed by atoms with Crippen molar-refractivity contribution in [3.05, 3.63) is 12.2 Å². The summed E-state index contributed by atoms with van der Waals surface area (Å²) in [5, 5.41) is 10.1. The van der Waals surface area contributed by atoms with Gasteiger partial charge in [-0.2, -0.15) is 0 Å². The maximum atomic E-state index is 10.1. The smallest absolute Gasteiger partial charge is 0.0540 e. The molecule has 1 unspecified atom stereocenters. The normalized spacial score (nSPS) is 12.8. The van der Waals surface area contributed by atoms with E-state index in [1.165, 1.54) is 141 Å². The highest BCUT2D eigenvalue weighted by atomic mass is 16.3. The topological polar surface area (TPSA) is 20.2 Å². The van der Waals surface area contributed by atoms with Gasteiger partial charge < -0.3 is 5.11 Å². The van der Waals surface area contributed by atoms with E-state index in [0.717, 1.165) is 12.8 Å². The number of hydrogen-bond acceptors (Lipinski definition) is 1. The Bertz CT molecular complexity index is 322. The third kappa shape index (κ3) is 25.7. The Labute approximate surface area is 191 Å². The van der Waals surface area contributed by atoms with E-state index in [9.17, 15) is 5.11 Å². The Morgan fingerprint density at radius 2 is 0.733 bits per heavy atom. The zero-order chi connectivity index (χ0) is 22.0. The van der Waals surface area contributed by atoms with E-state index >= 15 is 0 Å². The number of allylic oxidation sites excluding steroid dienone is 2. The molecule has 1 N–H and O–H groups in total. The van der Waals surface area contributed by atoms with E-state index < -0.39 is 0 Å². The van der Waals surface area contributed by atoms with E-state index in [-0.39, 0.29) is 6.10 Å². The molecule has 0 aromatic carbocycles. The van der Waals surface area contributed by atoms with E-state index in [1.807, 2.05) is 0 Å². The summed E-state index contributed by atoms with van der Waals surface area (Å²) >= 11 is 0. The first-order valence-corrected chi connectivity index (χ1v) is 14.1. The Hall–Kier alpha value is -0.300. The van der Waals surface area contributed by atoms with Gasteiger partial charge in [0, 0.05) is 0 Å². The van der Waals surface area contributed by atoms with E-state index in [4.69, 9.17) is 0 Å². The van der Waals surface area contributed by atoms with Crippen molar-refractivity contribution in [3.63, 3.8) is 0 Å². The second kappa shape index (κ2) is 26.7. The minimum atomic E-state index is -0.0399. The van der Waals surface area contributed by atoms with Crippen LogP contribution >= 0.6 is 0 Å². The fourth-order valence-corrected chi connectivity index (χ4v) is 4.29. The summed E-state index contributed by atoms with van der Waals surface area (Å²) in [6.45, 7) is 4.56. The molecule has 0 rings (SSSR count). The monoisotopic (exact) mass is 422 g/mol. The first-order chi connectivity index (χ1) is 14.8. The van der Waals surface area contributed by atoms with Crippen molar-refractivity contribution in [2.45, 2.75) is 174 Å². The van der Waals surface area contributed by atoms with Gasteiger partial charge in [0.25, 0.3) is 0 Å². The Morgan fingerprint density at radius 1 is 0.433 bits per heavy atom. The molecule has 0 heterocycles. The second-order valence-corrected chi connectivity index (χ2v) is 9.64. The van der Waals surface area contributed by atoms with Crippen LogP contribution in [0.1, 0.15) is 168 Å². The summed E-state index contributed by atoms with van der Waals surface area (Å²) in [6, 6.07) is 0. The first-order valence-electron chi connectivity index (χ1n) is 14.1. The summed E-state index contributed by atoms with van der Waals surface area (Å²) < 4.78 is 0. The van der Waals surface area contributed by atoms with Gasteiger partial charge in [-0.1, -0.05) is 142 Å². The van der Waals surface area contributed by atoms with Crippen LogP contribution in [0.25, 0.3) is 0 Å². The standard InChI is InChI=1S/C29H58O/c1-3-5-7-9-11-13-14-15-16-17-18-19-20-22-24-26-28-29(30)27-25-23-21-12-10-8-6-4-2/h15-16,29-30H,3-14,17-28H2,1-2H3/b16-15-. The minimum absolute atomic E-state index is 0.0399. The molecule has 180 valence electrons. The zero-order valence-electron chi connectivity index (χ0n) is 21.1. The van der Waals surface area contributed by atoms with Gasteiger partial charge in [0.1, 0.15) is 0 Å². The zero-order valence-corrected chi connectivity index (χ0v) is 21.1. The average molecular weight is 423 g/mol. The van der Waals surface area contributed by atoms with E-state index in [2.05, 4.69) is 26.0 Å². The minimum Gasteiger partial charge on any atom is -0.393 e. The number of hydrogen-bond donors (Lipinski definition) is 1. The molecule has 0 aliphatic rings. The van der Waals surface area contributed by atoms with Crippen molar-refractivity contribution >= 4 is 0 Å². The Morgan fingerprint density at radius 3 is 1.10 bits per heavy atom. The van der Waals surface area contributed by atoms with Gasteiger partial charge in [-0.05, 0) is 38.5 Å². The van der Waals surface area contributed by atoms with Gasteiger partial charge in [0.2, 0.25) is 0 Å². The molecular weight excluding hydrogens is 364 g/mol. The van der Waals surface area contributed by atoms with Crippen LogP contribution in [-0.4, -0.2) is 11.2 Å². The maximum absolute atomic E-state index is 10.1. The Kier molecular flexibility index (Phi) is 26.5. The van der Waals surface area contributed by atoms with Gasteiger partial charge in [-0.25, -0.2) is 0 Å². The lowest BCUT2D eigenvalue weighted by Crippen LogP contribution is -2.05. The molecule has 1 atom stereocenters. The lowest BCUT2D eigenvalue weighted by Gasteiger charge is -2.10. The van der Waals surface area contributed by atoms with Crippen molar-refractivity contribution in [1.29, 1.82) is 0 Å². The first kappa shape index (κ1) is 29.7. The largest absolute Gasteiger partial charge is 0.393 e.